The minimum absolute atomic E-state index is 0.0182. The lowest BCUT2D eigenvalue weighted by atomic mass is 10.1. The van der Waals surface area contributed by atoms with Crippen LogP contribution in [0, 0.1) is 10.1 Å². The number of piperidine rings is 1. The maximum Gasteiger partial charge on any atom is 0.337 e. The van der Waals surface area contributed by atoms with Gasteiger partial charge in [0.05, 0.1) is 18.1 Å². The topological polar surface area (TPSA) is 64.8 Å². The average Bonchev–Trinajstić information content (AvgIpc) is 2.49. The van der Waals surface area contributed by atoms with Gasteiger partial charge in [0.1, 0.15) is 5.75 Å². The van der Waals surface area contributed by atoms with Crippen molar-refractivity contribution in [2.45, 2.75) is 33.1 Å². The van der Waals surface area contributed by atoms with E-state index in [-0.39, 0.29) is 10.6 Å². The molecule has 1 aromatic rings. The van der Waals surface area contributed by atoms with E-state index < -0.39 is 0 Å². The first kappa shape index (κ1) is 15.4. The highest BCUT2D eigenvalue weighted by atomic mass is 16.6. The molecule has 1 heterocycles. The van der Waals surface area contributed by atoms with Gasteiger partial charge in [-0.15, -0.1) is 0 Å². The SMILES string of the molecule is CCOc1ccc(OCC)c([N+](=O)[O-])c1N1CCCCC1. The molecule has 0 aromatic heterocycles. The van der Waals surface area contributed by atoms with Crippen LogP contribution in [-0.2, 0) is 0 Å². The highest BCUT2D eigenvalue weighted by molar-refractivity contribution is 5.77. The molecular formula is C15H22N2O4. The number of nitro benzene ring substituents is 1. The number of hydrogen-bond donors (Lipinski definition) is 0. The Morgan fingerprint density at radius 2 is 1.67 bits per heavy atom. The Morgan fingerprint density at radius 3 is 2.24 bits per heavy atom. The molecule has 0 unspecified atom stereocenters. The molecular weight excluding hydrogens is 272 g/mol. The predicted octanol–water partition coefficient (Wildman–Crippen LogP) is 3.38. The second-order valence-electron chi connectivity index (χ2n) is 4.93. The summed E-state index contributed by atoms with van der Waals surface area (Å²) in [5.41, 5.74) is 0.581. The summed E-state index contributed by atoms with van der Waals surface area (Å²) in [7, 11) is 0. The number of rotatable bonds is 6. The minimum atomic E-state index is -0.364. The zero-order valence-electron chi connectivity index (χ0n) is 12.6. The molecule has 0 atom stereocenters. The summed E-state index contributed by atoms with van der Waals surface area (Å²) in [6.07, 6.45) is 3.25. The molecule has 0 amide bonds. The third-order valence-corrected chi connectivity index (χ3v) is 3.53. The normalized spacial score (nSPS) is 14.9. The van der Waals surface area contributed by atoms with Gasteiger partial charge in [-0.3, -0.25) is 10.1 Å². The lowest BCUT2D eigenvalue weighted by Crippen LogP contribution is -2.30. The van der Waals surface area contributed by atoms with Gasteiger partial charge >= 0.3 is 5.69 Å². The summed E-state index contributed by atoms with van der Waals surface area (Å²) in [6, 6.07) is 3.39. The molecule has 116 valence electrons. The first-order chi connectivity index (χ1) is 10.2. The molecule has 6 heteroatoms. The number of ether oxygens (including phenoxy) is 2. The number of benzene rings is 1. The van der Waals surface area contributed by atoms with Crippen LogP contribution in [0.1, 0.15) is 33.1 Å². The molecule has 0 spiro atoms. The molecule has 21 heavy (non-hydrogen) atoms. The van der Waals surface area contributed by atoms with Gasteiger partial charge in [-0.2, -0.15) is 0 Å². The summed E-state index contributed by atoms with van der Waals surface area (Å²) < 4.78 is 11.1. The van der Waals surface area contributed by atoms with Gasteiger partial charge in [0.25, 0.3) is 0 Å². The van der Waals surface area contributed by atoms with E-state index >= 15 is 0 Å². The van der Waals surface area contributed by atoms with Gasteiger partial charge < -0.3 is 14.4 Å². The maximum absolute atomic E-state index is 11.6. The van der Waals surface area contributed by atoms with Crippen LogP contribution in [0.2, 0.25) is 0 Å². The van der Waals surface area contributed by atoms with E-state index in [1.54, 1.807) is 12.1 Å². The van der Waals surface area contributed by atoms with E-state index in [4.69, 9.17) is 9.47 Å². The molecule has 1 aliphatic rings. The van der Waals surface area contributed by atoms with Crippen molar-refractivity contribution < 1.29 is 14.4 Å². The van der Waals surface area contributed by atoms with Gasteiger partial charge in [-0.25, -0.2) is 0 Å². The van der Waals surface area contributed by atoms with Crippen LogP contribution in [-0.4, -0.2) is 31.2 Å². The Labute approximate surface area is 124 Å². The Hall–Kier alpha value is -1.98. The number of anilines is 1. The van der Waals surface area contributed by atoms with E-state index in [0.717, 1.165) is 25.9 Å². The zero-order chi connectivity index (χ0) is 15.2. The van der Waals surface area contributed by atoms with Crippen LogP contribution in [0.5, 0.6) is 11.5 Å². The van der Waals surface area contributed by atoms with Crippen molar-refractivity contribution in [2.75, 3.05) is 31.2 Å². The second kappa shape index (κ2) is 7.15. The van der Waals surface area contributed by atoms with Gasteiger partial charge in [0.2, 0.25) is 0 Å². The average molecular weight is 294 g/mol. The first-order valence-electron chi connectivity index (χ1n) is 7.51. The zero-order valence-corrected chi connectivity index (χ0v) is 12.6. The lowest BCUT2D eigenvalue weighted by Gasteiger charge is -2.30. The second-order valence-corrected chi connectivity index (χ2v) is 4.93. The van der Waals surface area contributed by atoms with Crippen molar-refractivity contribution in [3.63, 3.8) is 0 Å². The van der Waals surface area contributed by atoms with E-state index in [1.807, 2.05) is 13.8 Å². The molecule has 0 aliphatic carbocycles. The number of nitrogens with zero attached hydrogens (tertiary/aromatic N) is 2. The van der Waals surface area contributed by atoms with E-state index in [1.165, 1.54) is 6.42 Å². The van der Waals surface area contributed by atoms with Crippen molar-refractivity contribution in [3.8, 4) is 11.5 Å². The van der Waals surface area contributed by atoms with Crippen LogP contribution in [0.3, 0.4) is 0 Å². The van der Waals surface area contributed by atoms with Crippen LogP contribution in [0.15, 0.2) is 12.1 Å². The Morgan fingerprint density at radius 1 is 1.10 bits per heavy atom. The molecule has 0 bridgehead atoms. The standard InChI is InChI=1S/C15H22N2O4/c1-3-20-12-8-9-13(21-4-2)15(17(18)19)14(12)16-10-6-5-7-11-16/h8-9H,3-7,10-11H2,1-2H3. The quantitative estimate of drug-likeness (QED) is 0.594. The summed E-state index contributed by atoms with van der Waals surface area (Å²) in [4.78, 5) is 13.2. The molecule has 0 radical (unpaired) electrons. The third-order valence-electron chi connectivity index (χ3n) is 3.53. The fourth-order valence-electron chi connectivity index (χ4n) is 2.69. The first-order valence-corrected chi connectivity index (χ1v) is 7.51. The fraction of sp³-hybridized carbons (Fsp3) is 0.600. The molecule has 1 saturated heterocycles. The van der Waals surface area contributed by atoms with E-state index in [2.05, 4.69) is 4.90 Å². The van der Waals surface area contributed by atoms with Crippen molar-refractivity contribution in [1.29, 1.82) is 0 Å². The largest absolute Gasteiger partial charge is 0.491 e. The number of hydrogen-bond acceptors (Lipinski definition) is 5. The van der Waals surface area contributed by atoms with Crippen LogP contribution in [0.25, 0.3) is 0 Å². The van der Waals surface area contributed by atoms with Gasteiger partial charge in [0, 0.05) is 13.1 Å². The maximum atomic E-state index is 11.6. The number of nitro groups is 1. The summed E-state index contributed by atoms with van der Waals surface area (Å²) in [5.74, 6) is 0.876. The highest BCUT2D eigenvalue weighted by Gasteiger charge is 2.30. The fourth-order valence-corrected chi connectivity index (χ4v) is 2.69. The molecule has 1 aromatic carbocycles. The molecule has 2 rings (SSSR count). The Balaban J connectivity index is 2.53. The third kappa shape index (κ3) is 3.37. The van der Waals surface area contributed by atoms with Crippen molar-refractivity contribution >= 4 is 11.4 Å². The monoisotopic (exact) mass is 294 g/mol. The highest BCUT2D eigenvalue weighted by Crippen LogP contribution is 2.45. The van der Waals surface area contributed by atoms with Crippen molar-refractivity contribution in [1.82, 2.24) is 0 Å². The predicted molar refractivity (Wildman–Crippen MR) is 81.5 cm³/mol. The molecule has 1 fully saturated rings. The minimum Gasteiger partial charge on any atom is -0.491 e. The van der Waals surface area contributed by atoms with Crippen molar-refractivity contribution in [3.05, 3.63) is 22.2 Å². The van der Waals surface area contributed by atoms with E-state index in [0.29, 0.717) is 30.4 Å². The van der Waals surface area contributed by atoms with Gasteiger partial charge in [-0.1, -0.05) is 0 Å². The molecule has 6 nitrogen and oxygen atoms in total. The van der Waals surface area contributed by atoms with Gasteiger partial charge in [0.15, 0.2) is 11.4 Å². The van der Waals surface area contributed by atoms with Crippen LogP contribution in [0.4, 0.5) is 11.4 Å². The van der Waals surface area contributed by atoms with Crippen molar-refractivity contribution in [2.24, 2.45) is 0 Å². The summed E-state index contributed by atoms with van der Waals surface area (Å²) >= 11 is 0. The Bertz CT molecular complexity index is 499. The summed E-state index contributed by atoms with van der Waals surface area (Å²) in [6.45, 7) is 6.20. The smallest absolute Gasteiger partial charge is 0.337 e. The van der Waals surface area contributed by atoms with E-state index in [9.17, 15) is 10.1 Å². The van der Waals surface area contributed by atoms with Crippen LogP contribution >= 0.6 is 0 Å². The molecule has 0 N–H and O–H groups in total. The molecule has 0 saturated carbocycles. The molecule has 1 aliphatic heterocycles. The van der Waals surface area contributed by atoms with Crippen LogP contribution < -0.4 is 14.4 Å². The Kier molecular flexibility index (Phi) is 5.25. The van der Waals surface area contributed by atoms with Gasteiger partial charge in [-0.05, 0) is 45.2 Å². The summed E-state index contributed by atoms with van der Waals surface area (Å²) in [5, 5.41) is 11.6. The lowest BCUT2D eigenvalue weighted by molar-refractivity contribution is -0.385.